The minimum absolute atomic E-state index is 0.199. The molecule has 2 heterocycles. The Morgan fingerprint density at radius 2 is 2.56 bits per heavy atom. The lowest BCUT2D eigenvalue weighted by Crippen LogP contribution is -2.54. The van der Waals surface area contributed by atoms with Gasteiger partial charge < -0.3 is 15.3 Å². The van der Waals surface area contributed by atoms with Crippen LogP contribution in [0.25, 0.3) is 0 Å². The lowest BCUT2D eigenvalue weighted by molar-refractivity contribution is 0.0513. The highest BCUT2D eigenvalue weighted by atomic mass is 32.1. The number of carbonyl (C=O) groups excluding carboxylic acids is 1. The van der Waals surface area contributed by atoms with Gasteiger partial charge in [0.2, 0.25) is 0 Å². The predicted molar refractivity (Wildman–Crippen MR) is 61.5 cm³/mol. The number of rotatable bonds is 2. The van der Waals surface area contributed by atoms with Crippen LogP contribution in [0, 0.1) is 0 Å². The van der Waals surface area contributed by atoms with E-state index in [0.29, 0.717) is 18.0 Å². The summed E-state index contributed by atoms with van der Waals surface area (Å²) in [4.78, 5) is 17.8. The molecule has 16 heavy (non-hydrogen) atoms. The van der Waals surface area contributed by atoms with Crippen molar-refractivity contribution in [3.05, 3.63) is 16.6 Å². The summed E-state index contributed by atoms with van der Waals surface area (Å²) in [5.74, 6) is -0.200. The fourth-order valence-corrected chi connectivity index (χ4v) is 2.35. The molecule has 5 nitrogen and oxygen atoms in total. The van der Waals surface area contributed by atoms with Gasteiger partial charge in [-0.3, -0.25) is 4.79 Å². The molecule has 1 fully saturated rings. The molecule has 2 rings (SSSR count). The van der Waals surface area contributed by atoms with E-state index in [0.717, 1.165) is 6.54 Å². The zero-order valence-electron chi connectivity index (χ0n) is 9.09. The lowest BCUT2D eigenvalue weighted by Gasteiger charge is -2.34. The highest BCUT2D eigenvalue weighted by molar-refractivity contribution is 7.11. The van der Waals surface area contributed by atoms with Crippen molar-refractivity contribution in [2.45, 2.75) is 18.6 Å². The Bertz CT molecular complexity index is 355. The number of aromatic nitrogens is 1. The molecule has 0 aliphatic carbocycles. The monoisotopic (exact) mass is 241 g/mol. The minimum atomic E-state index is -0.458. The molecular weight excluding hydrogens is 226 g/mol. The van der Waals surface area contributed by atoms with E-state index in [4.69, 9.17) is 0 Å². The summed E-state index contributed by atoms with van der Waals surface area (Å²) in [7, 11) is 1.98. The van der Waals surface area contributed by atoms with E-state index < -0.39 is 6.10 Å². The minimum Gasteiger partial charge on any atom is -0.391 e. The normalized spacial score (nSPS) is 26.6. The number of carbonyl (C=O) groups is 1. The fraction of sp³-hybridized carbons (Fsp3) is 0.600. The quantitative estimate of drug-likeness (QED) is 0.761. The summed E-state index contributed by atoms with van der Waals surface area (Å²) in [5, 5.41) is 14.8. The Kier molecular flexibility index (Phi) is 3.52. The molecule has 1 aliphatic heterocycles. The number of hydrogen-bond donors (Lipinski definition) is 2. The maximum Gasteiger partial charge on any atom is 0.280 e. The lowest BCUT2D eigenvalue weighted by atomic mass is 10.0. The molecule has 6 heteroatoms. The van der Waals surface area contributed by atoms with Crippen LogP contribution in [0.15, 0.2) is 11.6 Å². The van der Waals surface area contributed by atoms with Crippen molar-refractivity contribution in [3.8, 4) is 0 Å². The van der Waals surface area contributed by atoms with Crippen molar-refractivity contribution >= 4 is 17.2 Å². The molecule has 2 N–H and O–H groups in total. The number of nitrogens with one attached hydrogen (secondary N) is 1. The Hall–Kier alpha value is -0.980. The highest BCUT2D eigenvalue weighted by Gasteiger charge is 2.27. The molecule has 0 unspecified atom stereocenters. The zero-order valence-corrected chi connectivity index (χ0v) is 9.91. The first-order valence-electron chi connectivity index (χ1n) is 5.24. The molecule has 1 aliphatic rings. The Labute approximate surface area is 98.1 Å². The Morgan fingerprint density at radius 1 is 1.75 bits per heavy atom. The summed E-state index contributed by atoms with van der Waals surface area (Å²) in [5.41, 5.74) is 0. The van der Waals surface area contributed by atoms with E-state index in [1.54, 1.807) is 11.6 Å². The van der Waals surface area contributed by atoms with Crippen molar-refractivity contribution in [2.24, 2.45) is 0 Å². The molecule has 0 aromatic carbocycles. The number of piperidine rings is 1. The molecule has 1 saturated heterocycles. The third kappa shape index (κ3) is 2.58. The van der Waals surface area contributed by atoms with Crippen LogP contribution in [0.2, 0.25) is 0 Å². The SMILES string of the molecule is CN1CC[C@H](O)[C@@H](NC(=O)c2nccs2)C1. The molecule has 1 amide bonds. The number of hydrogen-bond acceptors (Lipinski definition) is 5. The number of aliphatic hydroxyl groups excluding tert-OH is 1. The van der Waals surface area contributed by atoms with Crippen LogP contribution in [0.3, 0.4) is 0 Å². The van der Waals surface area contributed by atoms with E-state index in [1.807, 2.05) is 7.05 Å². The molecule has 88 valence electrons. The fourth-order valence-electron chi connectivity index (χ4n) is 1.81. The van der Waals surface area contributed by atoms with E-state index in [9.17, 15) is 9.90 Å². The topological polar surface area (TPSA) is 65.5 Å². The molecule has 2 atom stereocenters. The van der Waals surface area contributed by atoms with E-state index in [2.05, 4.69) is 15.2 Å². The third-order valence-corrected chi connectivity index (χ3v) is 3.49. The zero-order chi connectivity index (χ0) is 11.5. The van der Waals surface area contributed by atoms with Crippen molar-refractivity contribution in [2.75, 3.05) is 20.1 Å². The Morgan fingerprint density at radius 3 is 3.25 bits per heavy atom. The molecule has 0 radical (unpaired) electrons. The van der Waals surface area contributed by atoms with E-state index in [1.165, 1.54) is 11.3 Å². The van der Waals surface area contributed by atoms with Crippen LogP contribution in [0.1, 0.15) is 16.2 Å². The highest BCUT2D eigenvalue weighted by Crippen LogP contribution is 2.11. The van der Waals surface area contributed by atoms with Crippen LogP contribution in [0.4, 0.5) is 0 Å². The number of likely N-dealkylation sites (N-methyl/N-ethyl adjacent to an activating group) is 1. The number of likely N-dealkylation sites (tertiary alicyclic amines) is 1. The van der Waals surface area contributed by atoms with Gasteiger partial charge in [-0.1, -0.05) is 0 Å². The molecule has 0 bridgehead atoms. The molecule has 1 aromatic rings. The van der Waals surface area contributed by atoms with Crippen molar-refractivity contribution in [1.29, 1.82) is 0 Å². The van der Waals surface area contributed by atoms with Gasteiger partial charge in [-0.05, 0) is 13.5 Å². The number of thiazole rings is 1. The number of nitrogens with zero attached hydrogens (tertiary/aromatic N) is 2. The smallest absolute Gasteiger partial charge is 0.280 e. The first-order chi connectivity index (χ1) is 7.66. The summed E-state index contributed by atoms with van der Waals surface area (Å²) in [6, 6.07) is -0.199. The van der Waals surface area contributed by atoms with Gasteiger partial charge in [0.15, 0.2) is 5.01 Å². The second-order valence-electron chi connectivity index (χ2n) is 4.04. The summed E-state index contributed by atoms with van der Waals surface area (Å²) >= 11 is 1.30. The second kappa shape index (κ2) is 4.90. The predicted octanol–water partition coefficient (Wildman–Crippen LogP) is -0.0621. The van der Waals surface area contributed by atoms with Crippen LogP contribution in [-0.4, -0.2) is 53.2 Å². The van der Waals surface area contributed by atoms with Crippen molar-refractivity contribution in [3.63, 3.8) is 0 Å². The van der Waals surface area contributed by atoms with Gasteiger partial charge in [-0.25, -0.2) is 4.98 Å². The summed E-state index contributed by atoms with van der Waals surface area (Å²) in [6.07, 6.45) is 1.84. The summed E-state index contributed by atoms with van der Waals surface area (Å²) < 4.78 is 0. The van der Waals surface area contributed by atoms with Gasteiger partial charge >= 0.3 is 0 Å². The molecule has 1 aromatic heterocycles. The van der Waals surface area contributed by atoms with Crippen molar-refractivity contribution < 1.29 is 9.90 Å². The average Bonchev–Trinajstić information content (AvgIpc) is 2.76. The number of amides is 1. The van der Waals surface area contributed by atoms with Gasteiger partial charge in [0, 0.05) is 24.7 Å². The average molecular weight is 241 g/mol. The maximum absolute atomic E-state index is 11.7. The molecule has 0 saturated carbocycles. The number of aliphatic hydroxyl groups is 1. The van der Waals surface area contributed by atoms with E-state index in [-0.39, 0.29) is 11.9 Å². The van der Waals surface area contributed by atoms with E-state index >= 15 is 0 Å². The largest absolute Gasteiger partial charge is 0.391 e. The summed E-state index contributed by atoms with van der Waals surface area (Å²) in [6.45, 7) is 1.54. The third-order valence-electron chi connectivity index (χ3n) is 2.72. The van der Waals surface area contributed by atoms with Crippen molar-refractivity contribution in [1.82, 2.24) is 15.2 Å². The van der Waals surface area contributed by atoms with Gasteiger partial charge in [-0.2, -0.15) is 0 Å². The second-order valence-corrected chi connectivity index (χ2v) is 4.93. The van der Waals surface area contributed by atoms with Gasteiger partial charge in [0.05, 0.1) is 12.1 Å². The van der Waals surface area contributed by atoms with Crippen LogP contribution in [0.5, 0.6) is 0 Å². The van der Waals surface area contributed by atoms with Gasteiger partial charge in [0.25, 0.3) is 5.91 Å². The van der Waals surface area contributed by atoms with Crippen LogP contribution < -0.4 is 5.32 Å². The van der Waals surface area contributed by atoms with Gasteiger partial charge in [0.1, 0.15) is 0 Å². The molecular formula is C10H15N3O2S. The first kappa shape index (κ1) is 11.5. The van der Waals surface area contributed by atoms with Crippen LogP contribution >= 0.6 is 11.3 Å². The standard InChI is InChI=1S/C10H15N3O2S/c1-13-4-2-8(14)7(6-13)12-9(15)10-11-3-5-16-10/h3,5,7-8,14H,2,4,6H2,1H3,(H,12,15)/t7-,8-/m0/s1. The Balaban J connectivity index is 1.95. The maximum atomic E-state index is 11.7. The van der Waals surface area contributed by atoms with Gasteiger partial charge in [-0.15, -0.1) is 11.3 Å². The molecule has 0 spiro atoms. The first-order valence-corrected chi connectivity index (χ1v) is 6.12. The van der Waals surface area contributed by atoms with Crippen LogP contribution in [-0.2, 0) is 0 Å².